The van der Waals surface area contributed by atoms with Gasteiger partial charge in [0.1, 0.15) is 6.04 Å². The number of hydrogen-bond acceptors (Lipinski definition) is 5. The van der Waals surface area contributed by atoms with Crippen LogP contribution in [0.15, 0.2) is 15.9 Å². The highest BCUT2D eigenvalue weighted by atomic mass is 79.9. The number of nitrogens with one attached hydrogen (secondary N) is 1. The van der Waals surface area contributed by atoms with Crippen LogP contribution in [0.2, 0.25) is 0 Å². The molecule has 6 heteroatoms. The monoisotopic (exact) mass is 348 g/mol. The van der Waals surface area contributed by atoms with Crippen LogP contribution in [0.4, 0.5) is 0 Å². The van der Waals surface area contributed by atoms with Crippen molar-refractivity contribution < 1.29 is 9.53 Å². The van der Waals surface area contributed by atoms with Crippen LogP contribution in [0.25, 0.3) is 0 Å². The lowest BCUT2D eigenvalue weighted by molar-refractivity contribution is -0.143. The molecule has 0 fully saturated rings. The van der Waals surface area contributed by atoms with Gasteiger partial charge in [-0.1, -0.05) is 13.8 Å². The number of carbonyl (C=O) groups is 1. The lowest BCUT2D eigenvalue weighted by Crippen LogP contribution is -2.36. The Morgan fingerprint density at radius 3 is 2.63 bits per heavy atom. The van der Waals surface area contributed by atoms with Gasteiger partial charge in [0.15, 0.2) is 0 Å². The van der Waals surface area contributed by atoms with Gasteiger partial charge >= 0.3 is 5.97 Å². The van der Waals surface area contributed by atoms with E-state index >= 15 is 0 Å². The van der Waals surface area contributed by atoms with Crippen LogP contribution < -0.4 is 5.32 Å². The zero-order valence-electron chi connectivity index (χ0n) is 11.6. The molecule has 0 saturated heterocycles. The Morgan fingerprint density at radius 1 is 1.47 bits per heavy atom. The van der Waals surface area contributed by atoms with Crippen molar-refractivity contribution in [2.75, 3.05) is 33.3 Å². The predicted molar refractivity (Wildman–Crippen MR) is 82.6 cm³/mol. The van der Waals surface area contributed by atoms with Crippen molar-refractivity contribution >= 4 is 33.2 Å². The summed E-state index contributed by atoms with van der Waals surface area (Å²) in [6, 6.07) is 3.51. The Labute approximate surface area is 127 Å². The molecule has 1 rings (SSSR count). The number of methoxy groups -OCH3 is 1. The molecule has 1 aromatic heterocycles. The Hall–Kier alpha value is -0.430. The average Bonchev–Trinajstić information content (AvgIpc) is 2.84. The second-order valence-electron chi connectivity index (χ2n) is 4.08. The first-order valence-electron chi connectivity index (χ1n) is 6.41. The van der Waals surface area contributed by atoms with Crippen molar-refractivity contribution in [2.24, 2.45) is 0 Å². The number of esters is 1. The maximum Gasteiger partial charge on any atom is 0.328 e. The number of halogens is 1. The molecule has 1 heterocycles. The number of ether oxygens (including phenoxy) is 1. The Morgan fingerprint density at radius 2 is 2.16 bits per heavy atom. The van der Waals surface area contributed by atoms with Gasteiger partial charge in [0.05, 0.1) is 10.9 Å². The lowest BCUT2D eigenvalue weighted by Gasteiger charge is -2.20. The van der Waals surface area contributed by atoms with Crippen LogP contribution in [-0.2, 0) is 9.53 Å². The van der Waals surface area contributed by atoms with Gasteiger partial charge in [0.2, 0.25) is 0 Å². The van der Waals surface area contributed by atoms with E-state index in [-0.39, 0.29) is 12.0 Å². The molecule has 0 radical (unpaired) electrons. The minimum atomic E-state index is -0.378. The molecule has 1 unspecified atom stereocenters. The summed E-state index contributed by atoms with van der Waals surface area (Å²) >= 11 is 4.97. The van der Waals surface area contributed by atoms with E-state index in [0.29, 0.717) is 0 Å². The Kier molecular flexibility index (Phi) is 7.60. The summed E-state index contributed by atoms with van der Waals surface area (Å²) in [4.78, 5) is 15.1. The van der Waals surface area contributed by atoms with Crippen molar-refractivity contribution in [3.8, 4) is 0 Å². The number of carbonyl (C=O) groups excluding carboxylic acids is 1. The molecule has 0 bridgehead atoms. The molecule has 0 saturated carbocycles. The van der Waals surface area contributed by atoms with E-state index in [4.69, 9.17) is 4.74 Å². The van der Waals surface area contributed by atoms with Gasteiger partial charge < -0.3 is 9.64 Å². The van der Waals surface area contributed by atoms with Gasteiger partial charge in [-0.15, -0.1) is 11.3 Å². The quantitative estimate of drug-likeness (QED) is 0.733. The van der Waals surface area contributed by atoms with Gasteiger partial charge in [-0.3, -0.25) is 5.32 Å². The molecule has 0 aliphatic carbocycles. The van der Waals surface area contributed by atoms with Gasteiger partial charge in [0.25, 0.3) is 0 Å². The predicted octanol–water partition coefficient (Wildman–Crippen LogP) is 2.66. The fourth-order valence-electron chi connectivity index (χ4n) is 1.81. The molecular weight excluding hydrogens is 328 g/mol. The first-order chi connectivity index (χ1) is 9.12. The van der Waals surface area contributed by atoms with E-state index in [2.05, 4.69) is 40.0 Å². The Bertz CT molecular complexity index is 394. The third kappa shape index (κ3) is 5.22. The molecule has 1 aromatic rings. The summed E-state index contributed by atoms with van der Waals surface area (Å²) in [6.07, 6.45) is 0. The summed E-state index contributed by atoms with van der Waals surface area (Å²) in [7, 11) is 1.42. The van der Waals surface area contributed by atoms with Crippen LogP contribution in [0.5, 0.6) is 0 Å². The number of hydrogen-bond donors (Lipinski definition) is 1. The highest BCUT2D eigenvalue weighted by Gasteiger charge is 2.22. The van der Waals surface area contributed by atoms with Crippen LogP contribution in [-0.4, -0.2) is 44.2 Å². The molecule has 0 aliphatic rings. The van der Waals surface area contributed by atoms with Gasteiger partial charge in [-0.05, 0) is 41.2 Å². The maximum absolute atomic E-state index is 11.8. The summed E-state index contributed by atoms with van der Waals surface area (Å²) in [5.41, 5.74) is 0. The molecule has 4 nitrogen and oxygen atoms in total. The van der Waals surface area contributed by atoms with Crippen LogP contribution in [0, 0.1) is 0 Å². The standard InChI is InChI=1S/C13H21BrN2O2S/c1-4-16(5-2)9-8-15-12(13(17)18-3)10-6-7-11(14)19-10/h6-7,12,15H,4-5,8-9H2,1-3H3. The average molecular weight is 349 g/mol. The number of nitrogens with zero attached hydrogens (tertiary/aromatic N) is 1. The topological polar surface area (TPSA) is 41.6 Å². The number of likely N-dealkylation sites (N-methyl/N-ethyl adjacent to an activating group) is 1. The lowest BCUT2D eigenvalue weighted by atomic mass is 10.2. The first kappa shape index (κ1) is 16.6. The van der Waals surface area contributed by atoms with Crippen molar-refractivity contribution in [1.29, 1.82) is 0 Å². The maximum atomic E-state index is 11.8. The van der Waals surface area contributed by atoms with E-state index in [9.17, 15) is 4.79 Å². The molecule has 0 aliphatic heterocycles. The minimum Gasteiger partial charge on any atom is -0.468 e. The molecule has 0 aromatic carbocycles. The molecule has 19 heavy (non-hydrogen) atoms. The van der Waals surface area contributed by atoms with Crippen molar-refractivity contribution in [1.82, 2.24) is 10.2 Å². The highest BCUT2D eigenvalue weighted by Crippen LogP contribution is 2.27. The van der Waals surface area contributed by atoms with Crippen LogP contribution in [0.1, 0.15) is 24.8 Å². The van der Waals surface area contributed by atoms with E-state index in [0.717, 1.165) is 34.8 Å². The van der Waals surface area contributed by atoms with Crippen molar-refractivity contribution in [2.45, 2.75) is 19.9 Å². The van der Waals surface area contributed by atoms with E-state index in [1.807, 2.05) is 12.1 Å². The molecule has 1 N–H and O–H groups in total. The fraction of sp³-hybridized carbons (Fsp3) is 0.615. The van der Waals surface area contributed by atoms with Crippen molar-refractivity contribution in [3.05, 3.63) is 20.8 Å². The third-order valence-electron chi connectivity index (χ3n) is 2.99. The van der Waals surface area contributed by atoms with Gasteiger partial charge in [0, 0.05) is 18.0 Å². The van der Waals surface area contributed by atoms with E-state index < -0.39 is 0 Å². The molecular formula is C13H21BrN2O2S. The molecule has 0 spiro atoms. The second kappa shape index (κ2) is 8.68. The van der Waals surface area contributed by atoms with Crippen LogP contribution in [0.3, 0.4) is 0 Å². The third-order valence-corrected chi connectivity index (χ3v) is 4.67. The molecule has 108 valence electrons. The normalized spacial score (nSPS) is 12.7. The SMILES string of the molecule is CCN(CC)CCNC(C(=O)OC)c1ccc(Br)s1. The second-order valence-corrected chi connectivity index (χ2v) is 6.57. The number of rotatable bonds is 8. The summed E-state index contributed by atoms with van der Waals surface area (Å²) < 4.78 is 5.88. The summed E-state index contributed by atoms with van der Waals surface area (Å²) in [5, 5.41) is 3.27. The zero-order valence-corrected chi connectivity index (χ0v) is 14.0. The van der Waals surface area contributed by atoms with Crippen LogP contribution >= 0.6 is 27.3 Å². The summed E-state index contributed by atoms with van der Waals surface area (Å²) in [6.45, 7) is 8.00. The molecule has 1 atom stereocenters. The minimum absolute atomic E-state index is 0.242. The van der Waals surface area contributed by atoms with Gasteiger partial charge in [-0.25, -0.2) is 4.79 Å². The first-order valence-corrected chi connectivity index (χ1v) is 8.02. The zero-order chi connectivity index (χ0) is 14.3. The van der Waals surface area contributed by atoms with E-state index in [1.165, 1.54) is 7.11 Å². The summed E-state index contributed by atoms with van der Waals surface area (Å²) in [5.74, 6) is -0.242. The fourth-order valence-corrected chi connectivity index (χ4v) is 3.30. The van der Waals surface area contributed by atoms with Crippen molar-refractivity contribution in [3.63, 3.8) is 0 Å². The van der Waals surface area contributed by atoms with Gasteiger partial charge in [-0.2, -0.15) is 0 Å². The van der Waals surface area contributed by atoms with E-state index in [1.54, 1.807) is 11.3 Å². The molecule has 0 amide bonds. The largest absolute Gasteiger partial charge is 0.468 e. The Balaban J connectivity index is 2.59. The highest BCUT2D eigenvalue weighted by molar-refractivity contribution is 9.11. The smallest absolute Gasteiger partial charge is 0.328 e. The number of thiophene rings is 1.